The third-order valence-corrected chi connectivity index (χ3v) is 3.86. The van der Waals surface area contributed by atoms with Gasteiger partial charge in [0.2, 0.25) is 0 Å². The molecule has 0 spiro atoms. The Balaban J connectivity index is 2.16. The lowest BCUT2D eigenvalue weighted by molar-refractivity contribution is 0.206. The van der Waals surface area contributed by atoms with E-state index in [2.05, 4.69) is 0 Å². The molecule has 2 aromatic rings. The Bertz CT molecular complexity index is 530. The van der Waals surface area contributed by atoms with Gasteiger partial charge in [0.15, 0.2) is 0 Å². The normalized spacial score (nSPS) is 11.8. The summed E-state index contributed by atoms with van der Waals surface area (Å²) >= 11 is 1.29. The number of carbonyl (C=O) groups is 1. The van der Waals surface area contributed by atoms with Crippen molar-refractivity contribution in [3.63, 3.8) is 0 Å². The molecule has 19 heavy (non-hydrogen) atoms. The molecule has 0 aliphatic rings. The van der Waals surface area contributed by atoms with Gasteiger partial charge in [0.25, 0.3) is 0 Å². The van der Waals surface area contributed by atoms with Crippen molar-refractivity contribution in [3.05, 3.63) is 66.2 Å². The SMILES string of the molecule is CC(SN(C(=O)O)c1ccccc1)c1ccccc1. The van der Waals surface area contributed by atoms with Crippen molar-refractivity contribution in [3.8, 4) is 0 Å². The van der Waals surface area contributed by atoms with Gasteiger partial charge in [-0.1, -0.05) is 48.5 Å². The summed E-state index contributed by atoms with van der Waals surface area (Å²) in [5.41, 5.74) is 1.78. The van der Waals surface area contributed by atoms with Crippen LogP contribution in [-0.4, -0.2) is 11.2 Å². The van der Waals surface area contributed by atoms with Gasteiger partial charge in [-0.2, -0.15) is 0 Å². The number of anilines is 1. The molecule has 2 aromatic carbocycles. The van der Waals surface area contributed by atoms with Crippen LogP contribution in [0.25, 0.3) is 0 Å². The van der Waals surface area contributed by atoms with Crippen molar-refractivity contribution in [1.82, 2.24) is 0 Å². The van der Waals surface area contributed by atoms with Gasteiger partial charge >= 0.3 is 6.09 Å². The van der Waals surface area contributed by atoms with E-state index < -0.39 is 6.09 Å². The van der Waals surface area contributed by atoms with Gasteiger partial charge in [-0.3, -0.25) is 0 Å². The highest BCUT2D eigenvalue weighted by Gasteiger charge is 2.19. The van der Waals surface area contributed by atoms with Gasteiger partial charge in [-0.25, -0.2) is 9.10 Å². The van der Waals surface area contributed by atoms with E-state index >= 15 is 0 Å². The summed E-state index contributed by atoms with van der Waals surface area (Å²) in [6.07, 6.45) is -0.959. The molecule has 0 radical (unpaired) electrons. The summed E-state index contributed by atoms with van der Waals surface area (Å²) in [7, 11) is 0. The zero-order valence-corrected chi connectivity index (χ0v) is 11.4. The summed E-state index contributed by atoms with van der Waals surface area (Å²) in [5, 5.41) is 9.39. The van der Waals surface area contributed by atoms with E-state index in [0.29, 0.717) is 5.69 Å². The van der Waals surface area contributed by atoms with E-state index in [9.17, 15) is 9.90 Å². The number of benzene rings is 2. The average Bonchev–Trinajstić information content (AvgIpc) is 2.46. The Morgan fingerprint density at radius 3 is 2.11 bits per heavy atom. The Labute approximate surface area is 117 Å². The molecule has 1 unspecified atom stereocenters. The second-order valence-corrected chi connectivity index (χ2v) is 5.35. The molecule has 0 aliphatic carbocycles. The third-order valence-electron chi connectivity index (χ3n) is 2.70. The zero-order valence-electron chi connectivity index (χ0n) is 10.6. The van der Waals surface area contributed by atoms with E-state index in [4.69, 9.17) is 0 Å². The molecule has 0 fully saturated rings. The van der Waals surface area contributed by atoms with Crippen LogP contribution in [0.4, 0.5) is 10.5 Å². The molecule has 0 bridgehead atoms. The molecule has 1 amide bonds. The molecule has 3 nitrogen and oxygen atoms in total. The number of para-hydroxylation sites is 1. The first-order chi connectivity index (χ1) is 9.18. The smallest absolute Gasteiger partial charge is 0.422 e. The van der Waals surface area contributed by atoms with Gasteiger partial charge < -0.3 is 5.11 Å². The lowest BCUT2D eigenvalue weighted by atomic mass is 10.2. The molecule has 1 N–H and O–H groups in total. The number of nitrogens with zero attached hydrogens (tertiary/aromatic N) is 1. The fourth-order valence-corrected chi connectivity index (χ4v) is 2.65. The van der Waals surface area contributed by atoms with E-state index in [-0.39, 0.29) is 5.25 Å². The standard InChI is InChI=1S/C15H15NO2S/c1-12(13-8-4-2-5-9-13)19-16(15(17)18)14-10-6-3-7-11-14/h2-12H,1H3,(H,17,18). The van der Waals surface area contributed by atoms with Crippen molar-refractivity contribution < 1.29 is 9.90 Å². The first-order valence-corrected chi connectivity index (χ1v) is 6.82. The molecule has 98 valence electrons. The Kier molecular flexibility index (Phi) is 4.47. The first-order valence-electron chi connectivity index (χ1n) is 5.98. The summed E-state index contributed by atoms with van der Waals surface area (Å²) in [4.78, 5) is 11.4. The second-order valence-electron chi connectivity index (χ2n) is 4.07. The molecular weight excluding hydrogens is 258 g/mol. The highest BCUT2D eigenvalue weighted by Crippen LogP contribution is 2.34. The Morgan fingerprint density at radius 2 is 1.58 bits per heavy atom. The minimum absolute atomic E-state index is 0.0671. The van der Waals surface area contributed by atoms with Gasteiger partial charge in [0, 0.05) is 5.25 Å². The topological polar surface area (TPSA) is 40.5 Å². The van der Waals surface area contributed by atoms with E-state index in [1.807, 2.05) is 55.5 Å². The molecular formula is C15H15NO2S. The number of amides is 1. The van der Waals surface area contributed by atoms with Crippen molar-refractivity contribution >= 4 is 23.7 Å². The predicted octanol–water partition coefficient (Wildman–Crippen LogP) is 4.58. The number of carboxylic acid groups (broad SMARTS) is 1. The molecule has 0 heterocycles. The first kappa shape index (κ1) is 13.5. The zero-order chi connectivity index (χ0) is 13.7. The van der Waals surface area contributed by atoms with E-state index in [1.165, 1.54) is 16.3 Å². The number of hydrogen-bond acceptors (Lipinski definition) is 2. The van der Waals surface area contributed by atoms with Crippen molar-refractivity contribution in [2.75, 3.05) is 4.31 Å². The summed E-state index contributed by atoms with van der Waals surface area (Å²) in [5.74, 6) is 0. The lowest BCUT2D eigenvalue weighted by Crippen LogP contribution is -2.22. The van der Waals surface area contributed by atoms with Crippen LogP contribution in [-0.2, 0) is 0 Å². The van der Waals surface area contributed by atoms with Crippen LogP contribution < -0.4 is 4.31 Å². The highest BCUT2D eigenvalue weighted by molar-refractivity contribution is 8.01. The molecule has 0 saturated carbocycles. The third kappa shape index (κ3) is 3.51. The molecule has 0 aliphatic heterocycles. The Morgan fingerprint density at radius 1 is 1.05 bits per heavy atom. The van der Waals surface area contributed by atoms with Gasteiger partial charge in [-0.05, 0) is 36.6 Å². The van der Waals surface area contributed by atoms with Crippen LogP contribution in [0.2, 0.25) is 0 Å². The van der Waals surface area contributed by atoms with Gasteiger partial charge in [-0.15, -0.1) is 0 Å². The molecule has 1 atom stereocenters. The lowest BCUT2D eigenvalue weighted by Gasteiger charge is -2.22. The maximum atomic E-state index is 11.4. The molecule has 0 aromatic heterocycles. The maximum absolute atomic E-state index is 11.4. The molecule has 4 heteroatoms. The monoisotopic (exact) mass is 273 g/mol. The van der Waals surface area contributed by atoms with E-state index in [1.54, 1.807) is 12.1 Å². The van der Waals surface area contributed by atoms with Crippen LogP contribution in [0, 0.1) is 0 Å². The van der Waals surface area contributed by atoms with Crippen LogP contribution in [0.5, 0.6) is 0 Å². The number of rotatable bonds is 4. The predicted molar refractivity (Wildman–Crippen MR) is 79.4 cm³/mol. The van der Waals surface area contributed by atoms with Crippen LogP contribution in [0.15, 0.2) is 60.7 Å². The Hall–Kier alpha value is -1.94. The van der Waals surface area contributed by atoms with Gasteiger partial charge in [0.1, 0.15) is 0 Å². The summed E-state index contributed by atoms with van der Waals surface area (Å²) < 4.78 is 1.30. The minimum atomic E-state index is -0.959. The largest absolute Gasteiger partial charge is 0.464 e. The maximum Gasteiger partial charge on any atom is 0.422 e. The van der Waals surface area contributed by atoms with Crippen LogP contribution >= 0.6 is 11.9 Å². The quantitative estimate of drug-likeness (QED) is 0.829. The summed E-state index contributed by atoms with van der Waals surface area (Å²) in [6.45, 7) is 2.00. The van der Waals surface area contributed by atoms with Crippen molar-refractivity contribution in [2.45, 2.75) is 12.2 Å². The number of hydrogen-bond donors (Lipinski definition) is 1. The minimum Gasteiger partial charge on any atom is -0.464 e. The van der Waals surface area contributed by atoms with Gasteiger partial charge in [0.05, 0.1) is 5.69 Å². The highest BCUT2D eigenvalue weighted by atomic mass is 32.2. The molecule has 2 rings (SSSR count). The second kappa shape index (κ2) is 6.29. The van der Waals surface area contributed by atoms with E-state index in [0.717, 1.165) is 5.56 Å². The van der Waals surface area contributed by atoms with Crippen molar-refractivity contribution in [2.24, 2.45) is 0 Å². The van der Waals surface area contributed by atoms with Crippen LogP contribution in [0.1, 0.15) is 17.7 Å². The molecule has 0 saturated heterocycles. The fourth-order valence-electron chi connectivity index (χ4n) is 1.72. The summed E-state index contributed by atoms with van der Waals surface area (Å²) in [6, 6.07) is 19.0. The fraction of sp³-hybridized carbons (Fsp3) is 0.133. The van der Waals surface area contributed by atoms with Crippen molar-refractivity contribution in [1.29, 1.82) is 0 Å². The average molecular weight is 273 g/mol. The van der Waals surface area contributed by atoms with Crippen LogP contribution in [0.3, 0.4) is 0 Å².